The van der Waals surface area contributed by atoms with Crippen LogP contribution in [0, 0.1) is 0 Å². The van der Waals surface area contributed by atoms with Gasteiger partial charge in [-0.1, -0.05) is 19.3 Å². The minimum atomic E-state index is -1.82. The molecule has 0 aliphatic heterocycles. The molecule has 0 bridgehead atoms. The van der Waals surface area contributed by atoms with E-state index in [0.29, 0.717) is 0 Å². The van der Waals surface area contributed by atoms with E-state index in [1.807, 2.05) is 7.11 Å². The molecule has 1 fully saturated rings. The first-order valence-electron chi connectivity index (χ1n) is 5.42. The maximum atomic E-state index is 5.83. The van der Waals surface area contributed by atoms with Crippen LogP contribution in [0.2, 0.25) is 12.1 Å². The highest BCUT2D eigenvalue weighted by Crippen LogP contribution is 2.37. The van der Waals surface area contributed by atoms with Gasteiger partial charge in [-0.25, -0.2) is 0 Å². The second-order valence-corrected chi connectivity index (χ2v) is 7.53. The summed E-state index contributed by atoms with van der Waals surface area (Å²) < 4.78 is 11.5. The van der Waals surface area contributed by atoms with Gasteiger partial charge in [0.1, 0.15) is 0 Å². The molecule has 1 aliphatic rings. The molecule has 0 heterocycles. The summed E-state index contributed by atoms with van der Waals surface area (Å²) in [7, 11) is -0.00658. The molecule has 0 N–H and O–H groups in total. The molecule has 13 heavy (non-hydrogen) atoms. The highest BCUT2D eigenvalue weighted by Gasteiger charge is 2.40. The number of hydrogen-bond acceptors (Lipinski definition) is 2. The summed E-state index contributed by atoms with van der Waals surface area (Å²) in [5.74, 6) is 0. The van der Waals surface area contributed by atoms with Crippen LogP contribution in [0.4, 0.5) is 0 Å². The topological polar surface area (TPSA) is 18.5 Å². The van der Waals surface area contributed by atoms with E-state index in [1.165, 1.54) is 32.1 Å². The predicted molar refractivity (Wildman–Crippen MR) is 57.1 cm³/mol. The van der Waals surface area contributed by atoms with Gasteiger partial charge in [-0.2, -0.15) is 0 Å². The maximum Gasteiger partial charge on any atom is 0.337 e. The van der Waals surface area contributed by atoms with Crippen LogP contribution in [0.3, 0.4) is 0 Å². The Morgan fingerprint density at radius 2 is 1.85 bits per heavy atom. The van der Waals surface area contributed by atoms with E-state index in [0.717, 1.165) is 12.1 Å². The summed E-state index contributed by atoms with van der Waals surface area (Å²) in [6, 6.07) is 0. The van der Waals surface area contributed by atoms with Gasteiger partial charge in [0.05, 0.1) is 0 Å². The second-order valence-electron chi connectivity index (χ2n) is 3.99. The lowest BCUT2D eigenvalue weighted by atomic mass is 10.0. The van der Waals surface area contributed by atoms with Crippen molar-refractivity contribution in [2.45, 2.75) is 51.1 Å². The molecule has 1 rings (SSSR count). The largest absolute Gasteiger partial charge is 0.398 e. The van der Waals surface area contributed by atoms with E-state index >= 15 is 0 Å². The highest BCUT2D eigenvalue weighted by molar-refractivity contribution is 6.67. The summed E-state index contributed by atoms with van der Waals surface area (Å²) in [6.07, 6.45) is 6.76. The fourth-order valence-corrected chi connectivity index (χ4v) is 4.97. The molecule has 1 aliphatic carbocycles. The van der Waals surface area contributed by atoms with Crippen molar-refractivity contribution < 1.29 is 8.85 Å². The quantitative estimate of drug-likeness (QED) is 0.652. The van der Waals surface area contributed by atoms with Crippen LogP contribution >= 0.6 is 0 Å². The molecule has 2 nitrogen and oxygen atoms in total. The Morgan fingerprint density at radius 3 is 2.31 bits per heavy atom. The summed E-state index contributed by atoms with van der Waals surface area (Å²) >= 11 is 0. The Labute approximate surface area is 82.9 Å². The second kappa shape index (κ2) is 5.13. The SMILES string of the molecule is CCO[Si](C)(OC)C1CCCCC1. The highest BCUT2D eigenvalue weighted by atomic mass is 28.4. The third kappa shape index (κ3) is 2.79. The van der Waals surface area contributed by atoms with Gasteiger partial charge in [0.25, 0.3) is 0 Å². The van der Waals surface area contributed by atoms with Gasteiger partial charge in [-0.15, -0.1) is 0 Å². The van der Waals surface area contributed by atoms with Crippen molar-refractivity contribution in [3.05, 3.63) is 0 Å². The van der Waals surface area contributed by atoms with Crippen molar-refractivity contribution in [2.24, 2.45) is 0 Å². The normalized spacial score (nSPS) is 24.2. The zero-order valence-electron chi connectivity index (χ0n) is 9.14. The average molecular weight is 202 g/mol. The molecule has 1 unspecified atom stereocenters. The lowest BCUT2D eigenvalue weighted by Gasteiger charge is -2.35. The standard InChI is InChI=1S/C10H22O2Si/c1-4-12-13(3,11-2)10-8-6-5-7-9-10/h10H,4-9H2,1-3H3. The van der Waals surface area contributed by atoms with Gasteiger partial charge in [0.15, 0.2) is 0 Å². The van der Waals surface area contributed by atoms with Crippen molar-refractivity contribution in [1.82, 2.24) is 0 Å². The van der Waals surface area contributed by atoms with Crippen LogP contribution in [-0.4, -0.2) is 22.3 Å². The molecule has 0 radical (unpaired) electrons. The molecule has 0 aromatic heterocycles. The van der Waals surface area contributed by atoms with Gasteiger partial charge in [-0.3, -0.25) is 0 Å². The van der Waals surface area contributed by atoms with E-state index in [1.54, 1.807) is 0 Å². The molecule has 1 atom stereocenters. The summed E-state index contributed by atoms with van der Waals surface area (Å²) in [5.41, 5.74) is 0.728. The predicted octanol–water partition coefficient (Wildman–Crippen LogP) is 3.08. The number of rotatable bonds is 4. The minimum absolute atomic E-state index is 0.728. The van der Waals surface area contributed by atoms with Crippen molar-refractivity contribution in [3.8, 4) is 0 Å². The first-order chi connectivity index (χ1) is 6.23. The van der Waals surface area contributed by atoms with E-state index < -0.39 is 8.56 Å². The molecule has 78 valence electrons. The fraction of sp³-hybridized carbons (Fsp3) is 1.00. The smallest absolute Gasteiger partial charge is 0.337 e. The fourth-order valence-electron chi connectivity index (χ4n) is 2.26. The van der Waals surface area contributed by atoms with Crippen molar-refractivity contribution in [3.63, 3.8) is 0 Å². The molecular weight excluding hydrogens is 180 g/mol. The molecule has 0 saturated heterocycles. The molecule has 0 aromatic rings. The third-order valence-corrected chi connectivity index (χ3v) is 6.92. The van der Waals surface area contributed by atoms with E-state index in [4.69, 9.17) is 8.85 Å². The zero-order valence-corrected chi connectivity index (χ0v) is 10.1. The van der Waals surface area contributed by atoms with E-state index in [2.05, 4.69) is 13.5 Å². The lowest BCUT2D eigenvalue weighted by Crippen LogP contribution is -2.43. The van der Waals surface area contributed by atoms with Crippen LogP contribution in [-0.2, 0) is 8.85 Å². The van der Waals surface area contributed by atoms with Gasteiger partial charge in [0, 0.05) is 19.3 Å². The molecule has 1 saturated carbocycles. The molecule has 0 spiro atoms. The Balaban J connectivity index is 2.51. The minimum Gasteiger partial charge on any atom is -0.398 e. The third-order valence-electron chi connectivity index (χ3n) is 3.18. The summed E-state index contributed by atoms with van der Waals surface area (Å²) in [4.78, 5) is 0. The van der Waals surface area contributed by atoms with Gasteiger partial charge < -0.3 is 8.85 Å². The molecular formula is C10H22O2Si. The van der Waals surface area contributed by atoms with Crippen LogP contribution in [0.25, 0.3) is 0 Å². The van der Waals surface area contributed by atoms with Crippen LogP contribution in [0.5, 0.6) is 0 Å². The Bertz CT molecular complexity index is 146. The van der Waals surface area contributed by atoms with Crippen LogP contribution in [0.1, 0.15) is 39.0 Å². The van der Waals surface area contributed by atoms with Gasteiger partial charge in [-0.05, 0) is 26.3 Å². The first kappa shape index (κ1) is 11.2. The maximum absolute atomic E-state index is 5.83. The van der Waals surface area contributed by atoms with Gasteiger partial charge in [0.2, 0.25) is 0 Å². The zero-order chi connectivity index (χ0) is 9.73. The number of hydrogen-bond donors (Lipinski definition) is 0. The van der Waals surface area contributed by atoms with Crippen LogP contribution < -0.4 is 0 Å². The molecule has 3 heteroatoms. The lowest BCUT2D eigenvalue weighted by molar-refractivity contribution is 0.194. The Kier molecular flexibility index (Phi) is 4.42. The van der Waals surface area contributed by atoms with Crippen molar-refractivity contribution in [1.29, 1.82) is 0 Å². The van der Waals surface area contributed by atoms with Crippen molar-refractivity contribution >= 4 is 8.56 Å². The van der Waals surface area contributed by atoms with Crippen molar-refractivity contribution in [2.75, 3.05) is 13.7 Å². The van der Waals surface area contributed by atoms with Crippen LogP contribution in [0.15, 0.2) is 0 Å². The summed E-state index contributed by atoms with van der Waals surface area (Å²) in [5, 5.41) is 0. The monoisotopic (exact) mass is 202 g/mol. The van der Waals surface area contributed by atoms with Gasteiger partial charge >= 0.3 is 8.56 Å². The van der Waals surface area contributed by atoms with E-state index in [-0.39, 0.29) is 0 Å². The Hall–Kier alpha value is 0.137. The van der Waals surface area contributed by atoms with E-state index in [9.17, 15) is 0 Å². The average Bonchev–Trinajstić information content (AvgIpc) is 2.19. The first-order valence-corrected chi connectivity index (χ1v) is 7.81. The molecule has 0 amide bonds. The Morgan fingerprint density at radius 1 is 1.23 bits per heavy atom. The molecule has 0 aromatic carbocycles. The summed E-state index contributed by atoms with van der Waals surface area (Å²) in [6.45, 7) is 5.08.